The summed E-state index contributed by atoms with van der Waals surface area (Å²) in [5.41, 5.74) is 5.20. The van der Waals surface area contributed by atoms with Crippen LogP contribution in [0.1, 0.15) is 6.42 Å². The summed E-state index contributed by atoms with van der Waals surface area (Å²) >= 11 is 0. The van der Waals surface area contributed by atoms with Gasteiger partial charge < -0.3 is 20.7 Å². The van der Waals surface area contributed by atoms with E-state index in [2.05, 4.69) is 10.2 Å². The molecular formula is C9H21N3O2. The first-order valence-corrected chi connectivity index (χ1v) is 4.75. The van der Waals surface area contributed by atoms with Crippen LogP contribution >= 0.6 is 0 Å². The van der Waals surface area contributed by atoms with Crippen LogP contribution in [0.4, 0.5) is 0 Å². The lowest BCUT2D eigenvalue weighted by atomic mass is 10.2. The molecule has 5 heteroatoms. The van der Waals surface area contributed by atoms with Crippen LogP contribution in [0.15, 0.2) is 0 Å². The summed E-state index contributed by atoms with van der Waals surface area (Å²) in [5, 5.41) is 2.88. The Labute approximate surface area is 85.6 Å². The van der Waals surface area contributed by atoms with Crippen molar-refractivity contribution < 1.29 is 9.53 Å². The number of primary amides is 1. The van der Waals surface area contributed by atoms with Gasteiger partial charge in [-0.15, -0.1) is 0 Å². The Bertz CT molecular complexity index is 164. The van der Waals surface area contributed by atoms with Gasteiger partial charge in [0.1, 0.15) is 0 Å². The SMILES string of the molecule is CNC(CN(C)CCCOC)C(N)=O. The van der Waals surface area contributed by atoms with Crippen LogP contribution in [0.2, 0.25) is 0 Å². The molecular weight excluding hydrogens is 182 g/mol. The molecule has 0 aliphatic heterocycles. The third kappa shape index (κ3) is 5.90. The van der Waals surface area contributed by atoms with Gasteiger partial charge in [-0.1, -0.05) is 0 Å². The average Bonchev–Trinajstić information content (AvgIpc) is 2.14. The van der Waals surface area contributed by atoms with Crippen molar-refractivity contribution in [1.82, 2.24) is 10.2 Å². The van der Waals surface area contributed by atoms with Crippen molar-refractivity contribution in [2.24, 2.45) is 5.73 Å². The summed E-state index contributed by atoms with van der Waals surface area (Å²) in [4.78, 5) is 13.0. The highest BCUT2D eigenvalue weighted by Crippen LogP contribution is 1.91. The van der Waals surface area contributed by atoms with Crippen molar-refractivity contribution in [2.75, 3.05) is 40.9 Å². The molecule has 0 aromatic carbocycles. The van der Waals surface area contributed by atoms with Gasteiger partial charge in [0, 0.05) is 26.8 Å². The number of hydrogen-bond donors (Lipinski definition) is 2. The van der Waals surface area contributed by atoms with Crippen molar-refractivity contribution in [3.8, 4) is 0 Å². The van der Waals surface area contributed by atoms with Gasteiger partial charge in [0.2, 0.25) is 5.91 Å². The summed E-state index contributed by atoms with van der Waals surface area (Å²) in [6.45, 7) is 2.28. The Morgan fingerprint density at radius 1 is 1.64 bits per heavy atom. The lowest BCUT2D eigenvalue weighted by Gasteiger charge is -2.21. The van der Waals surface area contributed by atoms with Crippen molar-refractivity contribution in [1.29, 1.82) is 0 Å². The monoisotopic (exact) mass is 203 g/mol. The van der Waals surface area contributed by atoms with E-state index in [0.29, 0.717) is 6.54 Å². The minimum atomic E-state index is -0.314. The predicted octanol–water partition coefficient (Wildman–Crippen LogP) is -0.972. The number of carbonyl (C=O) groups is 1. The highest BCUT2D eigenvalue weighted by atomic mass is 16.5. The third-order valence-electron chi connectivity index (χ3n) is 2.07. The van der Waals surface area contributed by atoms with Gasteiger partial charge in [-0.05, 0) is 20.5 Å². The fourth-order valence-corrected chi connectivity index (χ4v) is 1.21. The lowest BCUT2D eigenvalue weighted by molar-refractivity contribution is -0.120. The van der Waals surface area contributed by atoms with Gasteiger partial charge in [0.05, 0.1) is 6.04 Å². The first-order valence-electron chi connectivity index (χ1n) is 4.75. The molecule has 0 spiro atoms. The number of nitrogens with two attached hydrogens (primary N) is 1. The van der Waals surface area contributed by atoms with Crippen molar-refractivity contribution >= 4 is 5.91 Å². The molecule has 0 aliphatic rings. The predicted molar refractivity (Wildman–Crippen MR) is 56.0 cm³/mol. The Morgan fingerprint density at radius 2 is 2.29 bits per heavy atom. The summed E-state index contributed by atoms with van der Waals surface area (Å²) in [5.74, 6) is -0.314. The van der Waals surface area contributed by atoms with E-state index in [1.54, 1.807) is 14.2 Å². The maximum absolute atomic E-state index is 10.9. The fraction of sp³-hybridized carbons (Fsp3) is 0.889. The zero-order chi connectivity index (χ0) is 11.0. The Hall–Kier alpha value is -0.650. The molecule has 3 N–H and O–H groups in total. The average molecular weight is 203 g/mol. The molecule has 0 heterocycles. The Kier molecular flexibility index (Phi) is 7.37. The number of rotatable bonds is 8. The molecule has 0 rings (SSSR count). The quantitative estimate of drug-likeness (QED) is 0.498. The van der Waals surface area contributed by atoms with Crippen LogP contribution in [0.3, 0.4) is 0 Å². The van der Waals surface area contributed by atoms with Crippen LogP contribution in [-0.2, 0) is 9.53 Å². The van der Waals surface area contributed by atoms with Gasteiger partial charge in [0.25, 0.3) is 0 Å². The van der Waals surface area contributed by atoms with E-state index in [1.165, 1.54) is 0 Å². The van der Waals surface area contributed by atoms with Gasteiger partial charge in [-0.3, -0.25) is 4.79 Å². The van der Waals surface area contributed by atoms with Crippen LogP contribution in [0, 0.1) is 0 Å². The molecule has 0 saturated heterocycles. The molecule has 0 radical (unpaired) electrons. The standard InChI is InChI=1S/C9H21N3O2/c1-11-8(9(10)13)7-12(2)5-4-6-14-3/h8,11H,4-7H2,1-3H3,(H2,10,13). The van der Waals surface area contributed by atoms with Gasteiger partial charge >= 0.3 is 0 Å². The maximum atomic E-state index is 10.9. The second kappa shape index (κ2) is 7.73. The van der Waals surface area contributed by atoms with E-state index in [1.807, 2.05) is 7.05 Å². The number of nitrogens with zero attached hydrogens (tertiary/aromatic N) is 1. The van der Waals surface area contributed by atoms with Gasteiger partial charge in [0.15, 0.2) is 0 Å². The third-order valence-corrected chi connectivity index (χ3v) is 2.07. The van der Waals surface area contributed by atoms with Crippen LogP contribution < -0.4 is 11.1 Å². The second-order valence-electron chi connectivity index (χ2n) is 3.35. The number of amides is 1. The van der Waals surface area contributed by atoms with E-state index in [4.69, 9.17) is 10.5 Å². The number of carbonyl (C=O) groups excluding carboxylic acids is 1. The molecule has 0 aromatic heterocycles. The molecule has 1 unspecified atom stereocenters. The fourth-order valence-electron chi connectivity index (χ4n) is 1.21. The number of likely N-dealkylation sites (N-methyl/N-ethyl adjacent to an activating group) is 2. The minimum Gasteiger partial charge on any atom is -0.385 e. The number of methoxy groups -OCH3 is 1. The molecule has 1 atom stereocenters. The van der Waals surface area contributed by atoms with E-state index < -0.39 is 0 Å². The van der Waals surface area contributed by atoms with E-state index in [0.717, 1.165) is 19.6 Å². The van der Waals surface area contributed by atoms with E-state index >= 15 is 0 Å². The first-order chi connectivity index (χ1) is 6.61. The molecule has 0 aromatic rings. The minimum absolute atomic E-state index is 0.275. The smallest absolute Gasteiger partial charge is 0.235 e. The second-order valence-corrected chi connectivity index (χ2v) is 3.35. The number of nitrogens with one attached hydrogen (secondary N) is 1. The first kappa shape index (κ1) is 13.4. The molecule has 14 heavy (non-hydrogen) atoms. The van der Waals surface area contributed by atoms with Crippen molar-refractivity contribution in [3.05, 3.63) is 0 Å². The largest absolute Gasteiger partial charge is 0.385 e. The molecule has 0 saturated carbocycles. The molecule has 84 valence electrons. The molecule has 5 nitrogen and oxygen atoms in total. The van der Waals surface area contributed by atoms with Crippen molar-refractivity contribution in [2.45, 2.75) is 12.5 Å². The topological polar surface area (TPSA) is 67.6 Å². The number of ether oxygens (including phenoxy) is 1. The molecule has 0 bridgehead atoms. The molecule has 0 fully saturated rings. The van der Waals surface area contributed by atoms with E-state index in [9.17, 15) is 4.79 Å². The van der Waals surface area contributed by atoms with E-state index in [-0.39, 0.29) is 11.9 Å². The number of hydrogen-bond acceptors (Lipinski definition) is 4. The van der Waals surface area contributed by atoms with Crippen LogP contribution in [-0.4, -0.2) is 57.8 Å². The Balaban J connectivity index is 3.67. The van der Waals surface area contributed by atoms with Crippen LogP contribution in [0.5, 0.6) is 0 Å². The summed E-state index contributed by atoms with van der Waals surface area (Å²) in [6, 6.07) is -0.275. The normalized spacial score (nSPS) is 13.1. The van der Waals surface area contributed by atoms with Gasteiger partial charge in [-0.2, -0.15) is 0 Å². The molecule has 0 aliphatic carbocycles. The van der Waals surface area contributed by atoms with Crippen LogP contribution in [0.25, 0.3) is 0 Å². The van der Waals surface area contributed by atoms with Crippen molar-refractivity contribution in [3.63, 3.8) is 0 Å². The highest BCUT2D eigenvalue weighted by molar-refractivity contribution is 5.80. The lowest BCUT2D eigenvalue weighted by Crippen LogP contribution is -2.47. The zero-order valence-corrected chi connectivity index (χ0v) is 9.25. The molecule has 1 amide bonds. The summed E-state index contributed by atoms with van der Waals surface area (Å²) in [6.07, 6.45) is 0.961. The highest BCUT2D eigenvalue weighted by Gasteiger charge is 2.14. The Morgan fingerprint density at radius 3 is 2.71 bits per heavy atom. The maximum Gasteiger partial charge on any atom is 0.235 e. The van der Waals surface area contributed by atoms with Gasteiger partial charge in [-0.25, -0.2) is 0 Å². The zero-order valence-electron chi connectivity index (χ0n) is 9.25. The summed E-state index contributed by atoms with van der Waals surface area (Å²) in [7, 11) is 5.38. The summed E-state index contributed by atoms with van der Waals surface area (Å²) < 4.78 is 4.94.